The van der Waals surface area contributed by atoms with Crippen molar-refractivity contribution in [3.05, 3.63) is 34.6 Å². The van der Waals surface area contributed by atoms with Crippen molar-refractivity contribution < 1.29 is 4.52 Å². The quantitative estimate of drug-likeness (QED) is 0.847. The summed E-state index contributed by atoms with van der Waals surface area (Å²) in [5.41, 5.74) is 7.10. The van der Waals surface area contributed by atoms with Crippen molar-refractivity contribution in [3.63, 3.8) is 0 Å². The average molecular weight is 224 g/mol. The van der Waals surface area contributed by atoms with Crippen LogP contribution in [0.15, 0.2) is 22.7 Å². The standard InChI is InChI=1S/C10H10ClN3O/c1-6-3-2-4-7(9(6)11)10-13-8(5-12)14-15-10/h2-4H,5,12H2,1H3. The number of aryl methyl sites for hydroxylation is 1. The predicted molar refractivity (Wildman–Crippen MR) is 57.4 cm³/mol. The van der Waals surface area contributed by atoms with Crippen LogP contribution in [-0.4, -0.2) is 10.1 Å². The van der Waals surface area contributed by atoms with E-state index in [-0.39, 0.29) is 6.54 Å². The number of hydrogen-bond acceptors (Lipinski definition) is 4. The SMILES string of the molecule is Cc1cccc(-c2nc(CN)no2)c1Cl. The zero-order chi connectivity index (χ0) is 10.8. The minimum atomic E-state index is 0.257. The van der Waals surface area contributed by atoms with E-state index in [4.69, 9.17) is 21.9 Å². The molecule has 2 N–H and O–H groups in total. The van der Waals surface area contributed by atoms with Crippen molar-refractivity contribution >= 4 is 11.6 Å². The van der Waals surface area contributed by atoms with Gasteiger partial charge in [0.05, 0.1) is 17.1 Å². The molecule has 5 heteroatoms. The van der Waals surface area contributed by atoms with Gasteiger partial charge in [0.25, 0.3) is 5.89 Å². The summed E-state index contributed by atoms with van der Waals surface area (Å²) in [4.78, 5) is 4.11. The smallest absolute Gasteiger partial charge is 0.259 e. The molecule has 0 unspecified atom stereocenters. The first-order valence-electron chi connectivity index (χ1n) is 4.50. The molecule has 15 heavy (non-hydrogen) atoms. The largest absolute Gasteiger partial charge is 0.334 e. The Hall–Kier alpha value is -1.39. The Morgan fingerprint density at radius 2 is 2.27 bits per heavy atom. The number of nitrogens with zero attached hydrogens (tertiary/aromatic N) is 2. The van der Waals surface area contributed by atoms with E-state index in [0.29, 0.717) is 16.7 Å². The van der Waals surface area contributed by atoms with E-state index in [2.05, 4.69) is 10.1 Å². The van der Waals surface area contributed by atoms with Crippen LogP contribution in [0.5, 0.6) is 0 Å². The van der Waals surface area contributed by atoms with E-state index in [9.17, 15) is 0 Å². The molecule has 0 radical (unpaired) electrons. The maximum absolute atomic E-state index is 6.12. The third-order valence-corrected chi connectivity index (χ3v) is 2.57. The molecule has 2 aromatic rings. The van der Waals surface area contributed by atoms with Gasteiger partial charge >= 0.3 is 0 Å². The van der Waals surface area contributed by atoms with Crippen molar-refractivity contribution in [1.82, 2.24) is 10.1 Å². The fraction of sp³-hybridized carbons (Fsp3) is 0.200. The van der Waals surface area contributed by atoms with Gasteiger partial charge in [-0.25, -0.2) is 0 Å². The van der Waals surface area contributed by atoms with Gasteiger partial charge < -0.3 is 10.3 Å². The van der Waals surface area contributed by atoms with Crippen LogP contribution in [0.4, 0.5) is 0 Å². The molecule has 0 aliphatic carbocycles. The molecule has 2 rings (SSSR count). The zero-order valence-electron chi connectivity index (χ0n) is 8.20. The highest BCUT2D eigenvalue weighted by Gasteiger charge is 2.12. The Kier molecular flexibility index (Phi) is 2.70. The molecule has 0 amide bonds. The van der Waals surface area contributed by atoms with Crippen LogP contribution in [-0.2, 0) is 6.54 Å². The maximum Gasteiger partial charge on any atom is 0.259 e. The monoisotopic (exact) mass is 223 g/mol. The van der Waals surface area contributed by atoms with Crippen molar-refractivity contribution in [2.24, 2.45) is 5.73 Å². The molecule has 0 bridgehead atoms. The van der Waals surface area contributed by atoms with E-state index in [1.165, 1.54) is 0 Å². The van der Waals surface area contributed by atoms with E-state index < -0.39 is 0 Å². The van der Waals surface area contributed by atoms with Crippen molar-refractivity contribution in [2.75, 3.05) is 0 Å². The summed E-state index contributed by atoms with van der Waals surface area (Å²) in [5, 5.41) is 4.34. The molecule has 0 aliphatic heterocycles. The topological polar surface area (TPSA) is 64.9 Å². The molecule has 0 fully saturated rings. The first-order chi connectivity index (χ1) is 7.22. The predicted octanol–water partition coefficient (Wildman–Crippen LogP) is 2.16. The van der Waals surface area contributed by atoms with Crippen LogP contribution in [0.3, 0.4) is 0 Å². The average Bonchev–Trinajstić information content (AvgIpc) is 2.70. The van der Waals surface area contributed by atoms with Gasteiger partial charge in [-0.2, -0.15) is 4.98 Å². The first-order valence-corrected chi connectivity index (χ1v) is 4.88. The Bertz CT molecular complexity index is 481. The number of nitrogens with two attached hydrogens (primary N) is 1. The number of benzene rings is 1. The lowest BCUT2D eigenvalue weighted by atomic mass is 10.1. The second-order valence-corrected chi connectivity index (χ2v) is 3.53. The summed E-state index contributed by atoms with van der Waals surface area (Å²) < 4.78 is 5.05. The zero-order valence-corrected chi connectivity index (χ0v) is 8.95. The Balaban J connectivity index is 2.49. The van der Waals surface area contributed by atoms with Crippen LogP contribution < -0.4 is 5.73 Å². The van der Waals surface area contributed by atoms with E-state index >= 15 is 0 Å². The van der Waals surface area contributed by atoms with Crippen molar-refractivity contribution in [3.8, 4) is 11.5 Å². The molecule has 1 heterocycles. The third-order valence-electron chi connectivity index (χ3n) is 2.07. The van der Waals surface area contributed by atoms with Crippen LogP contribution in [0.1, 0.15) is 11.4 Å². The van der Waals surface area contributed by atoms with Crippen LogP contribution in [0, 0.1) is 6.92 Å². The Morgan fingerprint density at radius 1 is 1.47 bits per heavy atom. The minimum absolute atomic E-state index is 0.257. The second kappa shape index (κ2) is 4.00. The van der Waals surface area contributed by atoms with Gasteiger partial charge in [0.15, 0.2) is 5.82 Å². The molecular weight excluding hydrogens is 214 g/mol. The van der Waals surface area contributed by atoms with Gasteiger partial charge in [-0.15, -0.1) is 0 Å². The van der Waals surface area contributed by atoms with Crippen LogP contribution in [0.25, 0.3) is 11.5 Å². The summed E-state index contributed by atoms with van der Waals surface area (Å²) in [7, 11) is 0. The van der Waals surface area contributed by atoms with Gasteiger partial charge in [0.1, 0.15) is 0 Å². The number of hydrogen-bond donors (Lipinski definition) is 1. The lowest BCUT2D eigenvalue weighted by Gasteiger charge is -2.00. The molecule has 0 saturated heterocycles. The van der Waals surface area contributed by atoms with E-state index in [1.54, 1.807) is 0 Å². The van der Waals surface area contributed by atoms with Gasteiger partial charge in [-0.3, -0.25) is 0 Å². The van der Waals surface area contributed by atoms with Gasteiger partial charge in [-0.1, -0.05) is 28.9 Å². The van der Waals surface area contributed by atoms with E-state index in [0.717, 1.165) is 11.1 Å². The van der Waals surface area contributed by atoms with E-state index in [1.807, 2.05) is 25.1 Å². The van der Waals surface area contributed by atoms with Gasteiger partial charge in [0, 0.05) is 0 Å². The lowest BCUT2D eigenvalue weighted by molar-refractivity contribution is 0.423. The van der Waals surface area contributed by atoms with Crippen LogP contribution >= 0.6 is 11.6 Å². The van der Waals surface area contributed by atoms with Gasteiger partial charge in [0.2, 0.25) is 0 Å². The van der Waals surface area contributed by atoms with Gasteiger partial charge in [-0.05, 0) is 18.6 Å². The molecule has 0 spiro atoms. The highest BCUT2D eigenvalue weighted by Crippen LogP contribution is 2.28. The highest BCUT2D eigenvalue weighted by atomic mass is 35.5. The molecule has 1 aromatic carbocycles. The lowest BCUT2D eigenvalue weighted by Crippen LogP contribution is -1.97. The molecular formula is C10H10ClN3O. The second-order valence-electron chi connectivity index (χ2n) is 3.16. The molecule has 0 atom stereocenters. The normalized spacial score (nSPS) is 10.6. The Morgan fingerprint density at radius 3 is 2.93 bits per heavy atom. The molecule has 0 aliphatic rings. The third kappa shape index (κ3) is 1.86. The number of aromatic nitrogens is 2. The summed E-state index contributed by atoms with van der Waals surface area (Å²) in [6, 6.07) is 5.65. The van der Waals surface area contributed by atoms with Crippen molar-refractivity contribution in [2.45, 2.75) is 13.5 Å². The summed E-state index contributed by atoms with van der Waals surface area (Å²) in [6.45, 7) is 2.18. The maximum atomic E-state index is 6.12. The summed E-state index contributed by atoms with van der Waals surface area (Å²) >= 11 is 6.12. The van der Waals surface area contributed by atoms with Crippen LogP contribution in [0.2, 0.25) is 5.02 Å². The van der Waals surface area contributed by atoms with Crippen molar-refractivity contribution in [1.29, 1.82) is 0 Å². The molecule has 4 nitrogen and oxygen atoms in total. The minimum Gasteiger partial charge on any atom is -0.334 e. The Labute approximate surface area is 92.0 Å². The summed E-state index contributed by atoms with van der Waals surface area (Å²) in [6.07, 6.45) is 0. The molecule has 1 aromatic heterocycles. The number of rotatable bonds is 2. The molecule has 0 saturated carbocycles. The fourth-order valence-corrected chi connectivity index (χ4v) is 1.47. The summed E-state index contributed by atoms with van der Waals surface area (Å²) in [5.74, 6) is 0.881. The highest BCUT2D eigenvalue weighted by molar-refractivity contribution is 6.33. The fourth-order valence-electron chi connectivity index (χ4n) is 1.26. The number of halogens is 1. The molecule has 78 valence electrons. The first kappa shape index (κ1) is 10.1.